The quantitative estimate of drug-likeness (QED) is 0.175. The molecule has 0 saturated heterocycles. The van der Waals surface area contributed by atoms with Crippen molar-refractivity contribution in [2.24, 2.45) is 0 Å². The van der Waals surface area contributed by atoms with Crippen LogP contribution in [0.3, 0.4) is 0 Å². The molecule has 7 aromatic rings. The monoisotopic (exact) mass is 512 g/mol. The van der Waals surface area contributed by atoms with E-state index in [9.17, 15) is 0 Å². The third kappa shape index (κ3) is 3.25. The molecule has 0 fully saturated rings. The van der Waals surface area contributed by atoms with Gasteiger partial charge in [0.1, 0.15) is 0 Å². The Kier molecular flexibility index (Phi) is 4.60. The fourth-order valence-corrected chi connectivity index (χ4v) is 6.32. The molecule has 0 N–H and O–H groups in total. The molecule has 1 aliphatic carbocycles. The first-order valence-electron chi connectivity index (χ1n) is 13.4. The summed E-state index contributed by atoms with van der Waals surface area (Å²) in [4.78, 5) is 12.6. The summed E-state index contributed by atoms with van der Waals surface area (Å²) >= 11 is 0. The Hall–Kier alpha value is -5.27. The van der Waals surface area contributed by atoms with Crippen molar-refractivity contribution in [1.82, 2.24) is 14.4 Å². The van der Waals surface area contributed by atoms with Gasteiger partial charge < -0.3 is 0 Å². The van der Waals surface area contributed by atoms with E-state index in [0.29, 0.717) is 11.5 Å². The first kappa shape index (κ1) is 22.7. The summed E-state index contributed by atoms with van der Waals surface area (Å²) in [6, 6.07) is 32.4. The Labute approximate surface area is 232 Å². The fourth-order valence-electron chi connectivity index (χ4n) is 6.32. The summed E-state index contributed by atoms with van der Waals surface area (Å²) in [7, 11) is 0. The molecule has 0 saturated carbocycles. The minimum Gasteiger partial charge on any atom is -0.291 e. The summed E-state index contributed by atoms with van der Waals surface area (Å²) in [5.41, 5.74) is 10.0. The predicted molar refractivity (Wildman–Crippen MR) is 163 cm³/mol. The average Bonchev–Trinajstić information content (AvgIpc) is 3.53. The molecule has 1 aliphatic rings. The second-order valence-electron chi connectivity index (χ2n) is 11.1. The zero-order chi connectivity index (χ0) is 27.0. The van der Waals surface area contributed by atoms with Crippen LogP contribution in [0, 0.1) is 6.57 Å². The van der Waals surface area contributed by atoms with Gasteiger partial charge in [-0.05, 0) is 85.3 Å². The first-order chi connectivity index (χ1) is 19.5. The SMILES string of the molecule is [C-]#[N+]c1ccc(-c2cc3c4c(ccc5cc(-c6ccc(-c7cn8cccnc8n7)cc6)cc(c54)C3(C)C)c2)cc1. The molecule has 5 aromatic carbocycles. The van der Waals surface area contributed by atoms with Gasteiger partial charge >= 0.3 is 0 Å². The maximum Gasteiger partial charge on any atom is 0.234 e. The third-order valence-electron chi connectivity index (χ3n) is 8.46. The summed E-state index contributed by atoms with van der Waals surface area (Å²) < 4.78 is 1.95. The summed E-state index contributed by atoms with van der Waals surface area (Å²) in [6.07, 6.45) is 5.75. The number of nitrogens with zero attached hydrogens (tertiary/aromatic N) is 4. The molecule has 0 spiro atoms. The molecule has 4 heteroatoms. The predicted octanol–water partition coefficient (Wildman–Crippen LogP) is 9.23. The van der Waals surface area contributed by atoms with E-state index in [-0.39, 0.29) is 5.41 Å². The van der Waals surface area contributed by atoms with Crippen LogP contribution in [0.4, 0.5) is 5.69 Å². The van der Waals surface area contributed by atoms with Crippen molar-refractivity contribution in [3.8, 4) is 33.5 Å². The van der Waals surface area contributed by atoms with Crippen LogP contribution in [0.15, 0.2) is 110 Å². The minimum absolute atomic E-state index is 0.133. The van der Waals surface area contributed by atoms with E-state index < -0.39 is 0 Å². The molecule has 0 amide bonds. The zero-order valence-corrected chi connectivity index (χ0v) is 22.2. The Morgan fingerprint density at radius 1 is 0.700 bits per heavy atom. The Morgan fingerprint density at radius 3 is 1.85 bits per heavy atom. The van der Waals surface area contributed by atoms with Crippen LogP contribution in [0.5, 0.6) is 0 Å². The fraction of sp³-hybridized carbons (Fsp3) is 0.0833. The van der Waals surface area contributed by atoms with Gasteiger partial charge in [0.15, 0.2) is 5.69 Å². The van der Waals surface area contributed by atoms with Gasteiger partial charge in [-0.3, -0.25) is 4.40 Å². The van der Waals surface area contributed by atoms with Gasteiger partial charge in [-0.25, -0.2) is 14.8 Å². The van der Waals surface area contributed by atoms with Crippen molar-refractivity contribution in [2.75, 3.05) is 0 Å². The summed E-state index contributed by atoms with van der Waals surface area (Å²) in [5.74, 6) is 0.704. The second kappa shape index (κ2) is 8.11. The van der Waals surface area contributed by atoms with Gasteiger partial charge in [0.25, 0.3) is 0 Å². The van der Waals surface area contributed by atoms with Crippen LogP contribution >= 0.6 is 0 Å². The van der Waals surface area contributed by atoms with Crippen molar-refractivity contribution in [3.05, 3.63) is 132 Å². The number of aromatic nitrogens is 3. The van der Waals surface area contributed by atoms with Crippen LogP contribution in [0.1, 0.15) is 25.0 Å². The number of hydrogen-bond donors (Lipinski definition) is 0. The van der Waals surface area contributed by atoms with Crippen LogP contribution in [0.25, 0.3) is 65.7 Å². The van der Waals surface area contributed by atoms with Crippen LogP contribution < -0.4 is 0 Å². The molecule has 0 unspecified atom stereocenters. The van der Waals surface area contributed by atoms with Crippen molar-refractivity contribution in [3.63, 3.8) is 0 Å². The van der Waals surface area contributed by atoms with E-state index in [4.69, 9.17) is 6.57 Å². The highest BCUT2D eigenvalue weighted by atomic mass is 15.1. The molecule has 2 aromatic heterocycles. The number of rotatable bonds is 3. The Balaban J connectivity index is 1.22. The smallest absolute Gasteiger partial charge is 0.234 e. The normalized spacial score (nSPS) is 13.4. The highest BCUT2D eigenvalue weighted by molar-refractivity contribution is 6.16. The maximum absolute atomic E-state index is 7.28. The lowest BCUT2D eigenvalue weighted by molar-refractivity contribution is 0.663. The number of hydrogen-bond acceptors (Lipinski definition) is 2. The molecule has 188 valence electrons. The van der Waals surface area contributed by atoms with Gasteiger partial charge in [-0.1, -0.05) is 74.5 Å². The van der Waals surface area contributed by atoms with Gasteiger partial charge in [0, 0.05) is 29.6 Å². The van der Waals surface area contributed by atoms with E-state index in [1.165, 1.54) is 49.4 Å². The van der Waals surface area contributed by atoms with E-state index in [1.54, 1.807) is 6.20 Å². The first-order valence-corrected chi connectivity index (χ1v) is 13.4. The third-order valence-corrected chi connectivity index (χ3v) is 8.46. The van der Waals surface area contributed by atoms with Gasteiger partial charge in [0.05, 0.1) is 12.3 Å². The minimum atomic E-state index is -0.133. The highest BCUT2D eigenvalue weighted by Crippen LogP contribution is 2.51. The lowest BCUT2D eigenvalue weighted by atomic mass is 9.80. The van der Waals surface area contributed by atoms with Crippen molar-refractivity contribution in [1.29, 1.82) is 0 Å². The van der Waals surface area contributed by atoms with Crippen molar-refractivity contribution in [2.45, 2.75) is 19.3 Å². The van der Waals surface area contributed by atoms with E-state index >= 15 is 0 Å². The molecule has 0 atom stereocenters. The molecular formula is C36H24N4. The standard InChI is InChI=1S/C36H24N4/c1-36(2)30-19-27(22-5-7-24(8-6-22)32-21-40-16-4-15-38-35(40)39-32)17-25-9-10-26-18-28(20-31(36)34(26)33(25)30)23-11-13-29(37-3)14-12-23/h4-21H,1-2H3. The van der Waals surface area contributed by atoms with Gasteiger partial charge in [-0.2, -0.15) is 0 Å². The molecule has 4 nitrogen and oxygen atoms in total. The molecule has 40 heavy (non-hydrogen) atoms. The maximum atomic E-state index is 7.28. The number of benzene rings is 5. The largest absolute Gasteiger partial charge is 0.291 e. The number of fused-ring (bicyclic) bond motifs is 1. The second-order valence-corrected chi connectivity index (χ2v) is 11.1. The number of imidazole rings is 1. The Morgan fingerprint density at radius 2 is 1.27 bits per heavy atom. The topological polar surface area (TPSA) is 34.5 Å². The molecule has 8 rings (SSSR count). The van der Waals surface area contributed by atoms with E-state index in [1.807, 2.05) is 35.0 Å². The average molecular weight is 513 g/mol. The Bertz CT molecular complexity index is 2140. The molecule has 0 bridgehead atoms. The van der Waals surface area contributed by atoms with E-state index in [2.05, 4.69) is 101 Å². The van der Waals surface area contributed by atoms with Crippen LogP contribution in [0.2, 0.25) is 0 Å². The van der Waals surface area contributed by atoms with Crippen LogP contribution in [-0.2, 0) is 5.41 Å². The highest BCUT2D eigenvalue weighted by Gasteiger charge is 2.35. The van der Waals surface area contributed by atoms with E-state index in [0.717, 1.165) is 16.8 Å². The van der Waals surface area contributed by atoms with Crippen molar-refractivity contribution < 1.29 is 0 Å². The van der Waals surface area contributed by atoms with Gasteiger partial charge in [0.2, 0.25) is 5.78 Å². The molecule has 0 aliphatic heterocycles. The van der Waals surface area contributed by atoms with Crippen molar-refractivity contribution >= 4 is 33.0 Å². The molecule has 2 heterocycles. The van der Waals surface area contributed by atoms with Crippen LogP contribution in [-0.4, -0.2) is 14.4 Å². The lowest BCUT2D eigenvalue weighted by Crippen LogP contribution is -2.15. The van der Waals surface area contributed by atoms with Gasteiger partial charge in [-0.15, -0.1) is 0 Å². The summed E-state index contributed by atoms with van der Waals surface area (Å²) in [5, 5.41) is 5.27. The summed E-state index contributed by atoms with van der Waals surface area (Å²) in [6.45, 7) is 12.0. The lowest BCUT2D eigenvalue weighted by Gasteiger charge is -2.23. The zero-order valence-electron chi connectivity index (χ0n) is 22.2. The molecule has 0 radical (unpaired) electrons. The molecular weight excluding hydrogens is 488 g/mol.